The maximum absolute atomic E-state index is 12.9. The molecule has 0 aromatic carbocycles. The van der Waals surface area contributed by atoms with Gasteiger partial charge in [-0.2, -0.15) is 0 Å². The molecule has 2 fully saturated rings. The van der Waals surface area contributed by atoms with Crippen LogP contribution in [0.1, 0.15) is 49.0 Å². The van der Waals surface area contributed by atoms with E-state index in [1.807, 2.05) is 4.90 Å². The van der Waals surface area contributed by atoms with Gasteiger partial charge in [0.25, 0.3) is 5.91 Å². The number of pyridine rings is 1. The number of halogens is 1. The number of ether oxygens (including phenoxy) is 1. The van der Waals surface area contributed by atoms with Gasteiger partial charge in [0.2, 0.25) is 5.91 Å². The molecule has 2 N–H and O–H groups in total. The quantitative estimate of drug-likeness (QED) is 0.840. The van der Waals surface area contributed by atoms with Gasteiger partial charge in [-0.25, -0.2) is 4.98 Å². The van der Waals surface area contributed by atoms with E-state index in [9.17, 15) is 14.0 Å². The molecule has 2 heterocycles. The second kappa shape index (κ2) is 8.47. The molecule has 6 nitrogen and oxygen atoms in total. The van der Waals surface area contributed by atoms with Gasteiger partial charge < -0.3 is 15.4 Å². The first-order valence-corrected chi connectivity index (χ1v) is 9.34. The Morgan fingerprint density at radius 3 is 2.73 bits per heavy atom. The van der Waals surface area contributed by atoms with Crippen LogP contribution in [0.2, 0.25) is 0 Å². The van der Waals surface area contributed by atoms with Crippen LogP contribution < -0.4 is 10.5 Å². The van der Waals surface area contributed by atoms with Crippen LogP contribution in [-0.4, -0.2) is 47.6 Å². The molecule has 26 heavy (non-hydrogen) atoms. The van der Waals surface area contributed by atoms with Crippen LogP contribution in [0.3, 0.4) is 0 Å². The molecule has 1 aliphatic heterocycles. The van der Waals surface area contributed by atoms with Crippen molar-refractivity contribution in [2.45, 2.75) is 44.6 Å². The molecule has 3 rings (SSSR count). The van der Waals surface area contributed by atoms with Gasteiger partial charge in [-0.3, -0.25) is 14.0 Å². The van der Waals surface area contributed by atoms with E-state index in [1.54, 1.807) is 12.1 Å². The van der Waals surface area contributed by atoms with E-state index in [1.165, 1.54) is 6.20 Å². The molecule has 0 unspecified atom stereocenters. The van der Waals surface area contributed by atoms with Gasteiger partial charge in [0, 0.05) is 18.7 Å². The first-order valence-electron chi connectivity index (χ1n) is 9.34. The Hall–Kier alpha value is -2.18. The van der Waals surface area contributed by atoms with E-state index in [0.29, 0.717) is 12.4 Å². The van der Waals surface area contributed by atoms with Crippen LogP contribution in [0.25, 0.3) is 0 Å². The second-order valence-corrected chi connectivity index (χ2v) is 7.23. The molecular weight excluding hydrogens is 337 g/mol. The Kier molecular flexibility index (Phi) is 6.06. The van der Waals surface area contributed by atoms with Crippen molar-refractivity contribution in [1.82, 2.24) is 9.88 Å². The summed E-state index contributed by atoms with van der Waals surface area (Å²) in [7, 11) is 0. The van der Waals surface area contributed by atoms with Gasteiger partial charge in [0.1, 0.15) is 6.61 Å². The third-order valence-corrected chi connectivity index (χ3v) is 5.51. The number of hydrogen-bond acceptors (Lipinski definition) is 4. The number of likely N-dealkylation sites (tertiary alicyclic amines) is 1. The fourth-order valence-electron chi connectivity index (χ4n) is 3.98. The summed E-state index contributed by atoms with van der Waals surface area (Å²) in [6, 6.07) is 3.33. The summed E-state index contributed by atoms with van der Waals surface area (Å²) in [5.41, 5.74) is 5.43. The lowest BCUT2D eigenvalue weighted by atomic mass is 9.82. The zero-order chi connectivity index (χ0) is 18.5. The lowest BCUT2D eigenvalue weighted by Gasteiger charge is -2.32. The summed E-state index contributed by atoms with van der Waals surface area (Å²) < 4.78 is 18.5. The molecule has 2 amide bonds. The van der Waals surface area contributed by atoms with Gasteiger partial charge in [-0.1, -0.05) is 0 Å². The number of rotatable bonds is 6. The number of aromatic nitrogens is 1. The fraction of sp³-hybridized carbons (Fsp3) is 0.632. The number of carbonyl (C=O) groups excluding carboxylic acids is 2. The van der Waals surface area contributed by atoms with Crippen molar-refractivity contribution in [1.29, 1.82) is 0 Å². The average molecular weight is 363 g/mol. The average Bonchev–Trinajstić information content (AvgIpc) is 3.14. The zero-order valence-corrected chi connectivity index (χ0v) is 14.9. The van der Waals surface area contributed by atoms with E-state index in [4.69, 9.17) is 10.5 Å². The summed E-state index contributed by atoms with van der Waals surface area (Å²) >= 11 is 0. The molecule has 142 valence electrons. The molecule has 1 aromatic rings. The summed E-state index contributed by atoms with van der Waals surface area (Å²) in [5, 5.41) is 0. The predicted molar refractivity (Wildman–Crippen MR) is 94.4 cm³/mol. The summed E-state index contributed by atoms with van der Waals surface area (Å²) in [6.45, 7) is 0.761. The summed E-state index contributed by atoms with van der Waals surface area (Å²) in [5.74, 6) is -0.00502. The molecule has 7 heteroatoms. The number of hydrogen-bond donors (Lipinski definition) is 1. The van der Waals surface area contributed by atoms with Crippen LogP contribution in [-0.2, 0) is 4.79 Å². The maximum atomic E-state index is 12.9. The molecule has 1 aromatic heterocycles. The first kappa shape index (κ1) is 18.6. The molecule has 1 atom stereocenters. The Labute approximate surface area is 152 Å². The SMILES string of the molecule is NC(=O)c1ncccc1OC[C@H]1CCCN1C(=O)[C@H]1CC[C@@H](CF)CC1. The monoisotopic (exact) mass is 363 g/mol. The van der Waals surface area contributed by atoms with Gasteiger partial charge >= 0.3 is 0 Å². The maximum Gasteiger partial charge on any atom is 0.271 e. The Bertz CT molecular complexity index is 647. The molecule has 1 aliphatic carbocycles. The Balaban J connectivity index is 1.59. The number of nitrogens with zero attached hydrogens (tertiary/aromatic N) is 2. The largest absolute Gasteiger partial charge is 0.489 e. The lowest BCUT2D eigenvalue weighted by molar-refractivity contribution is -0.138. The van der Waals surface area contributed by atoms with Crippen LogP contribution in [0.4, 0.5) is 4.39 Å². The van der Waals surface area contributed by atoms with E-state index in [0.717, 1.165) is 45.1 Å². The molecule has 0 spiro atoms. The number of nitrogens with two attached hydrogens (primary N) is 1. The van der Waals surface area contributed by atoms with Gasteiger partial charge in [0.15, 0.2) is 11.4 Å². The minimum atomic E-state index is -0.635. The van der Waals surface area contributed by atoms with Gasteiger partial charge in [-0.05, 0) is 56.6 Å². The van der Waals surface area contributed by atoms with Gasteiger partial charge in [-0.15, -0.1) is 0 Å². The molecule has 2 aliphatic rings. The van der Waals surface area contributed by atoms with E-state index in [-0.39, 0.29) is 36.2 Å². The van der Waals surface area contributed by atoms with E-state index in [2.05, 4.69) is 4.98 Å². The minimum absolute atomic E-state index is 0.00188. The Morgan fingerprint density at radius 2 is 2.04 bits per heavy atom. The highest BCUT2D eigenvalue weighted by Crippen LogP contribution is 2.32. The van der Waals surface area contributed by atoms with Crippen LogP contribution in [0, 0.1) is 11.8 Å². The van der Waals surface area contributed by atoms with Crippen molar-refractivity contribution in [3.8, 4) is 5.75 Å². The standard InChI is InChI=1S/C19H26FN3O3/c20-11-13-5-7-14(8-6-13)19(25)23-10-2-3-15(23)12-26-16-4-1-9-22-17(16)18(21)24/h1,4,9,13-15H,2-3,5-8,10-12H2,(H2,21,24)/t13-,14+,15-/m1/s1. The third-order valence-electron chi connectivity index (χ3n) is 5.51. The highest BCUT2D eigenvalue weighted by molar-refractivity contribution is 5.93. The molecule has 0 bridgehead atoms. The zero-order valence-electron chi connectivity index (χ0n) is 14.9. The first-order chi connectivity index (χ1) is 12.6. The second-order valence-electron chi connectivity index (χ2n) is 7.23. The highest BCUT2D eigenvalue weighted by Gasteiger charge is 2.35. The summed E-state index contributed by atoms with van der Waals surface area (Å²) in [6.07, 6.45) is 6.43. The minimum Gasteiger partial charge on any atom is -0.489 e. The fourth-order valence-corrected chi connectivity index (χ4v) is 3.98. The summed E-state index contributed by atoms with van der Waals surface area (Å²) in [4.78, 5) is 30.2. The number of amides is 2. The van der Waals surface area contributed by atoms with Crippen LogP contribution in [0.15, 0.2) is 18.3 Å². The smallest absolute Gasteiger partial charge is 0.271 e. The van der Waals surface area contributed by atoms with Crippen molar-refractivity contribution >= 4 is 11.8 Å². The predicted octanol–water partition coefficient (Wildman–Crippen LogP) is 2.33. The number of carbonyl (C=O) groups is 2. The molecule has 1 saturated carbocycles. The number of alkyl halides is 1. The molecular formula is C19H26FN3O3. The van der Waals surface area contributed by atoms with Crippen molar-refractivity contribution in [3.05, 3.63) is 24.0 Å². The highest BCUT2D eigenvalue weighted by atomic mass is 19.1. The topological polar surface area (TPSA) is 85.5 Å². The van der Waals surface area contributed by atoms with Crippen molar-refractivity contribution in [3.63, 3.8) is 0 Å². The van der Waals surface area contributed by atoms with Crippen LogP contribution in [0.5, 0.6) is 5.75 Å². The molecule has 0 radical (unpaired) electrons. The third kappa shape index (κ3) is 4.14. The number of primary amides is 1. The van der Waals surface area contributed by atoms with Crippen molar-refractivity contribution in [2.24, 2.45) is 17.6 Å². The van der Waals surface area contributed by atoms with Crippen molar-refractivity contribution in [2.75, 3.05) is 19.8 Å². The van der Waals surface area contributed by atoms with Crippen molar-refractivity contribution < 1.29 is 18.7 Å². The molecule has 1 saturated heterocycles. The van der Waals surface area contributed by atoms with E-state index >= 15 is 0 Å². The van der Waals surface area contributed by atoms with E-state index < -0.39 is 5.91 Å². The Morgan fingerprint density at radius 1 is 1.27 bits per heavy atom. The van der Waals surface area contributed by atoms with Crippen LogP contribution >= 0.6 is 0 Å². The lowest BCUT2D eigenvalue weighted by Crippen LogP contribution is -2.43. The normalized spacial score (nSPS) is 25.9. The van der Waals surface area contributed by atoms with Gasteiger partial charge in [0.05, 0.1) is 12.7 Å².